The lowest BCUT2D eigenvalue weighted by Gasteiger charge is -2.14. The molecule has 0 bridgehead atoms. The van der Waals surface area contributed by atoms with Crippen LogP contribution < -0.4 is 4.72 Å². The van der Waals surface area contributed by atoms with Crippen molar-refractivity contribution in [2.45, 2.75) is 17.7 Å². The molecule has 2 rings (SSSR count). The SMILES string of the molecule is CC(CNS(=O)(=O)c1c(Cl)cccc1Cl)c1ccccc1. The van der Waals surface area contributed by atoms with Crippen LogP contribution in [0.25, 0.3) is 0 Å². The van der Waals surface area contributed by atoms with Crippen LogP contribution in [0, 0.1) is 0 Å². The molecule has 3 nitrogen and oxygen atoms in total. The molecular formula is C15H15Cl2NO2S. The molecule has 1 N–H and O–H groups in total. The summed E-state index contributed by atoms with van der Waals surface area (Å²) in [4.78, 5) is -0.0754. The number of hydrogen-bond acceptors (Lipinski definition) is 2. The Hall–Kier alpha value is -1.07. The minimum atomic E-state index is -3.74. The summed E-state index contributed by atoms with van der Waals surface area (Å²) in [5, 5.41) is 0.227. The van der Waals surface area contributed by atoms with Gasteiger partial charge in [-0.25, -0.2) is 13.1 Å². The van der Waals surface area contributed by atoms with E-state index in [1.165, 1.54) is 12.1 Å². The molecule has 0 aliphatic rings. The molecule has 0 aliphatic heterocycles. The molecule has 0 aromatic heterocycles. The van der Waals surface area contributed by atoms with Crippen LogP contribution in [0.5, 0.6) is 0 Å². The van der Waals surface area contributed by atoms with Gasteiger partial charge in [-0.3, -0.25) is 0 Å². The number of sulfonamides is 1. The topological polar surface area (TPSA) is 46.2 Å². The molecule has 1 unspecified atom stereocenters. The molecule has 112 valence electrons. The summed E-state index contributed by atoms with van der Waals surface area (Å²) >= 11 is 11.9. The van der Waals surface area contributed by atoms with Crippen LogP contribution in [-0.2, 0) is 10.0 Å². The summed E-state index contributed by atoms with van der Waals surface area (Å²) in [6.45, 7) is 2.22. The van der Waals surface area contributed by atoms with Gasteiger partial charge in [0, 0.05) is 6.54 Å². The van der Waals surface area contributed by atoms with Crippen LogP contribution in [0.1, 0.15) is 18.4 Å². The number of hydrogen-bond donors (Lipinski definition) is 1. The second-order valence-electron chi connectivity index (χ2n) is 4.71. The molecule has 0 aliphatic carbocycles. The van der Waals surface area contributed by atoms with E-state index in [0.717, 1.165) is 5.56 Å². The molecule has 0 radical (unpaired) electrons. The maximum Gasteiger partial charge on any atom is 0.243 e. The third-order valence-corrected chi connectivity index (χ3v) is 5.51. The third kappa shape index (κ3) is 3.98. The molecule has 21 heavy (non-hydrogen) atoms. The Kier molecular flexibility index (Phi) is 5.27. The highest BCUT2D eigenvalue weighted by Crippen LogP contribution is 2.29. The third-order valence-electron chi connectivity index (χ3n) is 3.14. The minimum absolute atomic E-state index is 0.0437. The van der Waals surface area contributed by atoms with Gasteiger partial charge in [0.05, 0.1) is 10.0 Å². The highest BCUT2D eigenvalue weighted by molar-refractivity contribution is 7.89. The van der Waals surface area contributed by atoms with Crippen molar-refractivity contribution >= 4 is 33.2 Å². The zero-order valence-corrected chi connectivity index (χ0v) is 13.7. The fourth-order valence-corrected chi connectivity index (χ4v) is 4.22. The molecule has 0 saturated carbocycles. The van der Waals surface area contributed by atoms with Crippen molar-refractivity contribution in [3.05, 3.63) is 64.1 Å². The van der Waals surface area contributed by atoms with Crippen molar-refractivity contribution in [1.29, 1.82) is 0 Å². The average molecular weight is 344 g/mol. The van der Waals surface area contributed by atoms with E-state index in [0.29, 0.717) is 0 Å². The van der Waals surface area contributed by atoms with Crippen LogP contribution in [0.3, 0.4) is 0 Å². The second-order valence-corrected chi connectivity index (χ2v) is 7.23. The van der Waals surface area contributed by atoms with Crippen molar-refractivity contribution in [3.63, 3.8) is 0 Å². The van der Waals surface area contributed by atoms with Gasteiger partial charge in [-0.15, -0.1) is 0 Å². The summed E-state index contributed by atoms with van der Waals surface area (Å²) in [7, 11) is -3.74. The summed E-state index contributed by atoms with van der Waals surface area (Å²) in [5.41, 5.74) is 1.06. The van der Waals surface area contributed by atoms with Gasteiger partial charge in [-0.1, -0.05) is 66.5 Å². The van der Waals surface area contributed by atoms with E-state index in [2.05, 4.69) is 4.72 Å². The summed E-state index contributed by atoms with van der Waals surface area (Å²) in [5.74, 6) is 0.0437. The molecular weight excluding hydrogens is 329 g/mol. The summed E-state index contributed by atoms with van der Waals surface area (Å²) in [6, 6.07) is 14.3. The van der Waals surface area contributed by atoms with Crippen molar-refractivity contribution in [2.75, 3.05) is 6.54 Å². The lowest BCUT2D eigenvalue weighted by molar-refractivity contribution is 0.575. The molecule has 0 heterocycles. The standard InChI is InChI=1S/C15H15Cl2NO2S/c1-11(12-6-3-2-4-7-12)10-18-21(19,20)15-13(16)8-5-9-14(15)17/h2-9,11,18H,10H2,1H3. The fourth-order valence-electron chi connectivity index (χ4n) is 1.95. The lowest BCUT2D eigenvalue weighted by atomic mass is 10.0. The highest BCUT2D eigenvalue weighted by Gasteiger charge is 2.22. The minimum Gasteiger partial charge on any atom is -0.210 e. The first-order chi connectivity index (χ1) is 9.92. The lowest BCUT2D eigenvalue weighted by Crippen LogP contribution is -2.28. The van der Waals surface area contributed by atoms with Gasteiger partial charge in [0.25, 0.3) is 0 Å². The van der Waals surface area contributed by atoms with Crippen LogP contribution >= 0.6 is 23.2 Å². The molecule has 0 saturated heterocycles. The van der Waals surface area contributed by atoms with Crippen molar-refractivity contribution in [1.82, 2.24) is 4.72 Å². The van der Waals surface area contributed by atoms with Gasteiger partial charge in [-0.05, 0) is 23.6 Å². The van der Waals surface area contributed by atoms with Crippen LogP contribution in [0.4, 0.5) is 0 Å². The number of rotatable bonds is 5. The molecule has 0 fully saturated rings. The first-order valence-corrected chi connectivity index (χ1v) is 8.64. The Balaban J connectivity index is 2.16. The van der Waals surface area contributed by atoms with Gasteiger partial charge < -0.3 is 0 Å². The van der Waals surface area contributed by atoms with Crippen molar-refractivity contribution in [3.8, 4) is 0 Å². The van der Waals surface area contributed by atoms with E-state index in [1.54, 1.807) is 6.07 Å². The molecule has 2 aromatic carbocycles. The Labute approximate surface area is 135 Å². The predicted molar refractivity (Wildman–Crippen MR) is 86.5 cm³/mol. The number of benzene rings is 2. The molecule has 2 aromatic rings. The Morgan fingerprint density at radius 2 is 1.57 bits per heavy atom. The van der Waals surface area contributed by atoms with E-state index in [4.69, 9.17) is 23.2 Å². The Morgan fingerprint density at radius 3 is 2.14 bits per heavy atom. The van der Waals surface area contributed by atoms with Gasteiger partial charge in [0.15, 0.2) is 0 Å². The van der Waals surface area contributed by atoms with Crippen LogP contribution in [0.15, 0.2) is 53.4 Å². The predicted octanol–water partition coefficient (Wildman–Crippen LogP) is 4.08. The number of nitrogens with one attached hydrogen (secondary N) is 1. The largest absolute Gasteiger partial charge is 0.243 e. The molecule has 6 heteroatoms. The second kappa shape index (κ2) is 6.79. The van der Waals surface area contributed by atoms with Gasteiger partial charge >= 0.3 is 0 Å². The highest BCUT2D eigenvalue weighted by atomic mass is 35.5. The van der Waals surface area contributed by atoms with Crippen molar-refractivity contribution in [2.24, 2.45) is 0 Å². The zero-order chi connectivity index (χ0) is 15.5. The summed E-state index contributed by atoms with van der Waals surface area (Å²) in [6.07, 6.45) is 0. The van der Waals surface area contributed by atoms with Crippen LogP contribution in [-0.4, -0.2) is 15.0 Å². The first-order valence-electron chi connectivity index (χ1n) is 6.40. The van der Waals surface area contributed by atoms with E-state index in [9.17, 15) is 8.42 Å². The van der Waals surface area contributed by atoms with Crippen molar-refractivity contribution < 1.29 is 8.42 Å². The van der Waals surface area contributed by atoms with E-state index in [1.807, 2.05) is 37.3 Å². The Bertz CT molecular complexity index is 697. The van der Waals surface area contributed by atoms with E-state index < -0.39 is 10.0 Å². The molecule has 0 amide bonds. The first kappa shape index (κ1) is 16.3. The smallest absolute Gasteiger partial charge is 0.210 e. The fraction of sp³-hybridized carbons (Fsp3) is 0.200. The monoisotopic (exact) mass is 343 g/mol. The average Bonchev–Trinajstić information content (AvgIpc) is 2.45. The van der Waals surface area contributed by atoms with Gasteiger partial charge in [0.1, 0.15) is 4.90 Å². The van der Waals surface area contributed by atoms with E-state index in [-0.39, 0.29) is 27.4 Å². The quantitative estimate of drug-likeness (QED) is 0.889. The Morgan fingerprint density at radius 1 is 1.00 bits per heavy atom. The molecule has 1 atom stereocenters. The normalized spacial score (nSPS) is 13.1. The number of halogens is 2. The molecule has 0 spiro atoms. The van der Waals surface area contributed by atoms with Gasteiger partial charge in [-0.2, -0.15) is 0 Å². The maximum atomic E-state index is 12.3. The van der Waals surface area contributed by atoms with Crippen LogP contribution in [0.2, 0.25) is 10.0 Å². The van der Waals surface area contributed by atoms with Gasteiger partial charge in [0.2, 0.25) is 10.0 Å². The zero-order valence-electron chi connectivity index (χ0n) is 11.4. The summed E-state index contributed by atoms with van der Waals surface area (Å²) < 4.78 is 27.2. The van der Waals surface area contributed by atoms with E-state index >= 15 is 0 Å². The maximum absolute atomic E-state index is 12.3.